The molecule has 4 heterocycles. The first-order chi connectivity index (χ1) is 18.3. The molecule has 1 unspecified atom stereocenters. The number of aromatic nitrogens is 3. The molecule has 2 aliphatic heterocycles. The number of benzene rings is 1. The smallest absolute Gasteiger partial charge is 0.245 e. The molecule has 1 N–H and O–H groups in total. The van der Waals surface area contributed by atoms with E-state index in [9.17, 15) is 4.79 Å². The highest BCUT2D eigenvalue weighted by molar-refractivity contribution is 6.35. The summed E-state index contributed by atoms with van der Waals surface area (Å²) in [7, 11) is 0. The van der Waals surface area contributed by atoms with Crippen molar-refractivity contribution in [2.24, 2.45) is 5.92 Å². The molecule has 198 valence electrons. The monoisotopic (exact) mass is 529 g/mol. The van der Waals surface area contributed by atoms with Gasteiger partial charge in [0.25, 0.3) is 0 Å². The summed E-state index contributed by atoms with van der Waals surface area (Å²) >= 11 is 6.59. The Balaban J connectivity index is 1.55. The second-order valence-corrected chi connectivity index (χ2v) is 11.2. The number of aryl methyl sites for hydroxylation is 2. The number of amides is 1. The summed E-state index contributed by atoms with van der Waals surface area (Å²) < 4.78 is 0. The van der Waals surface area contributed by atoms with Crippen LogP contribution in [-0.4, -0.2) is 50.5 Å². The van der Waals surface area contributed by atoms with E-state index in [0.717, 1.165) is 60.2 Å². The number of hydrogen-bond acceptors (Lipinski definition) is 4. The summed E-state index contributed by atoms with van der Waals surface area (Å²) in [4.78, 5) is 21.2. The Kier molecular flexibility index (Phi) is 7.44. The Morgan fingerprint density at radius 2 is 2.03 bits per heavy atom. The number of nitrogens with one attached hydrogen (secondary N) is 1. The lowest BCUT2D eigenvalue weighted by Crippen LogP contribution is -2.40. The second kappa shape index (κ2) is 10.8. The zero-order valence-electron chi connectivity index (χ0n) is 22.7. The van der Waals surface area contributed by atoms with E-state index in [1.165, 1.54) is 22.9 Å². The fourth-order valence-electron chi connectivity index (χ4n) is 5.94. The van der Waals surface area contributed by atoms with Crippen LogP contribution in [0.3, 0.4) is 0 Å². The summed E-state index contributed by atoms with van der Waals surface area (Å²) in [5.41, 5.74) is 7.97. The van der Waals surface area contributed by atoms with Crippen LogP contribution in [0.1, 0.15) is 66.5 Å². The first-order valence-corrected chi connectivity index (χ1v) is 13.8. The summed E-state index contributed by atoms with van der Waals surface area (Å²) in [5.74, 6) is 0.940. The number of carbonyl (C=O) groups excluding carboxylic acids is 1. The van der Waals surface area contributed by atoms with Gasteiger partial charge in [-0.25, -0.2) is 0 Å². The molecule has 0 bridgehead atoms. The van der Waals surface area contributed by atoms with Crippen molar-refractivity contribution >= 4 is 34.1 Å². The van der Waals surface area contributed by atoms with Crippen molar-refractivity contribution in [1.82, 2.24) is 25.0 Å². The molecule has 3 aromatic rings. The van der Waals surface area contributed by atoms with Gasteiger partial charge in [-0.1, -0.05) is 38.1 Å². The Labute approximate surface area is 230 Å². The predicted molar refractivity (Wildman–Crippen MR) is 155 cm³/mol. The lowest BCUT2D eigenvalue weighted by molar-refractivity contribution is -0.127. The average Bonchev–Trinajstić information content (AvgIpc) is 3.39. The number of aromatic amines is 1. The second-order valence-electron chi connectivity index (χ2n) is 10.8. The summed E-state index contributed by atoms with van der Waals surface area (Å²) in [6.45, 7) is 14.8. The van der Waals surface area contributed by atoms with Crippen molar-refractivity contribution in [2.75, 3.05) is 19.6 Å². The van der Waals surface area contributed by atoms with Crippen LogP contribution in [0.4, 0.5) is 0 Å². The van der Waals surface area contributed by atoms with E-state index in [1.54, 1.807) is 0 Å². The normalized spacial score (nSPS) is 18.4. The molecule has 7 heteroatoms. The summed E-state index contributed by atoms with van der Waals surface area (Å²) in [6.07, 6.45) is 14.1. The third-order valence-corrected chi connectivity index (χ3v) is 8.23. The zero-order chi connectivity index (χ0) is 27.0. The number of pyridine rings is 1. The quantitative estimate of drug-likeness (QED) is 0.359. The van der Waals surface area contributed by atoms with Gasteiger partial charge in [-0.05, 0) is 79.5 Å². The zero-order valence-corrected chi connectivity index (χ0v) is 23.4. The molecule has 2 aromatic heterocycles. The van der Waals surface area contributed by atoms with E-state index in [1.807, 2.05) is 23.4 Å². The fraction of sp³-hybridized carbons (Fsp3) is 0.387. The maximum atomic E-state index is 12.1. The van der Waals surface area contributed by atoms with Crippen LogP contribution in [0.2, 0.25) is 5.02 Å². The highest BCUT2D eigenvalue weighted by Crippen LogP contribution is 2.40. The van der Waals surface area contributed by atoms with E-state index in [-0.39, 0.29) is 11.8 Å². The number of allylic oxidation sites excluding steroid dienone is 2. The number of fused-ring (bicyclic) bond motifs is 1. The van der Waals surface area contributed by atoms with Crippen molar-refractivity contribution in [2.45, 2.75) is 52.4 Å². The lowest BCUT2D eigenvalue weighted by Gasteiger charge is -2.37. The van der Waals surface area contributed by atoms with Gasteiger partial charge in [-0.2, -0.15) is 5.10 Å². The molecule has 1 atom stereocenters. The van der Waals surface area contributed by atoms with E-state index in [4.69, 9.17) is 16.6 Å². The summed E-state index contributed by atoms with van der Waals surface area (Å²) in [5, 5.41) is 9.12. The van der Waals surface area contributed by atoms with Crippen LogP contribution in [-0.2, 0) is 4.79 Å². The molecule has 1 fully saturated rings. The SMILES string of the molecule is C=CC(=O)N1CCC(CN2C=CC(c3c(C)ccnc3C(C)C)C=C2c2c(C)cc(Cl)c3[nH]ncc23)CC1. The number of rotatable bonds is 6. The van der Waals surface area contributed by atoms with E-state index in [0.29, 0.717) is 16.9 Å². The van der Waals surface area contributed by atoms with Crippen molar-refractivity contribution in [3.8, 4) is 0 Å². The van der Waals surface area contributed by atoms with Crippen molar-refractivity contribution in [1.29, 1.82) is 0 Å². The van der Waals surface area contributed by atoms with Gasteiger partial charge >= 0.3 is 0 Å². The number of likely N-dealkylation sites (tertiary alicyclic amines) is 1. The number of piperidine rings is 1. The number of nitrogens with zero attached hydrogens (tertiary/aromatic N) is 4. The Morgan fingerprint density at radius 3 is 2.74 bits per heavy atom. The molecular formula is C31H36ClN5O. The number of halogens is 1. The van der Waals surface area contributed by atoms with E-state index < -0.39 is 0 Å². The molecule has 5 rings (SSSR count). The maximum Gasteiger partial charge on any atom is 0.245 e. The molecular weight excluding hydrogens is 494 g/mol. The van der Waals surface area contributed by atoms with Gasteiger partial charge in [0.05, 0.1) is 16.7 Å². The van der Waals surface area contributed by atoms with Crippen LogP contribution in [0, 0.1) is 19.8 Å². The first-order valence-electron chi connectivity index (χ1n) is 13.4. The topological polar surface area (TPSA) is 65.1 Å². The molecule has 2 aliphatic rings. The Bertz CT molecular complexity index is 1430. The predicted octanol–water partition coefficient (Wildman–Crippen LogP) is 6.73. The Hall–Kier alpha value is -3.38. The van der Waals surface area contributed by atoms with E-state index in [2.05, 4.69) is 73.8 Å². The van der Waals surface area contributed by atoms with Gasteiger partial charge in [-0.15, -0.1) is 0 Å². The standard InChI is InChI=1S/C31H36ClN5O/c1-6-27(38)36-12-8-22(9-13-36)18-37-14-10-23(28-20(4)7-11-33-30(28)19(2)3)16-26(37)29-21(5)15-25(32)31-24(29)17-34-35-31/h6-7,10-11,14-17,19,22-23H,1,8-9,12-13,18H2,2-5H3,(H,34,35). The van der Waals surface area contributed by atoms with Crippen LogP contribution >= 0.6 is 11.6 Å². The Morgan fingerprint density at radius 1 is 1.26 bits per heavy atom. The molecule has 1 amide bonds. The van der Waals surface area contributed by atoms with Crippen LogP contribution in [0.5, 0.6) is 0 Å². The van der Waals surface area contributed by atoms with Crippen LogP contribution in [0.15, 0.2) is 55.5 Å². The minimum Gasteiger partial charge on any atom is -0.348 e. The number of hydrogen-bond donors (Lipinski definition) is 1. The van der Waals surface area contributed by atoms with Gasteiger partial charge in [0.2, 0.25) is 5.91 Å². The molecule has 0 aliphatic carbocycles. The van der Waals surface area contributed by atoms with Gasteiger partial charge < -0.3 is 9.80 Å². The van der Waals surface area contributed by atoms with Gasteiger partial charge in [0.15, 0.2) is 0 Å². The number of carbonyl (C=O) groups is 1. The largest absolute Gasteiger partial charge is 0.348 e. The third-order valence-electron chi connectivity index (χ3n) is 7.94. The van der Waals surface area contributed by atoms with Gasteiger partial charge in [0, 0.05) is 60.3 Å². The molecule has 0 radical (unpaired) electrons. The highest BCUT2D eigenvalue weighted by atomic mass is 35.5. The summed E-state index contributed by atoms with van der Waals surface area (Å²) in [6, 6.07) is 4.13. The van der Waals surface area contributed by atoms with Crippen molar-refractivity contribution in [3.63, 3.8) is 0 Å². The molecule has 0 spiro atoms. The van der Waals surface area contributed by atoms with Crippen molar-refractivity contribution in [3.05, 3.63) is 88.5 Å². The minimum absolute atomic E-state index is 0.0247. The molecule has 6 nitrogen and oxygen atoms in total. The molecule has 1 saturated heterocycles. The van der Waals surface area contributed by atoms with Crippen LogP contribution < -0.4 is 0 Å². The molecule has 0 saturated carbocycles. The van der Waals surface area contributed by atoms with E-state index >= 15 is 0 Å². The highest BCUT2D eigenvalue weighted by Gasteiger charge is 2.29. The first kappa shape index (κ1) is 26.2. The minimum atomic E-state index is 0.0247. The number of H-pyrrole nitrogens is 1. The maximum absolute atomic E-state index is 12.1. The van der Waals surface area contributed by atoms with Gasteiger partial charge in [0.1, 0.15) is 0 Å². The fourth-order valence-corrected chi connectivity index (χ4v) is 6.24. The third kappa shape index (κ3) is 4.90. The van der Waals surface area contributed by atoms with Crippen molar-refractivity contribution < 1.29 is 4.79 Å². The lowest BCUT2D eigenvalue weighted by atomic mass is 9.85. The average molecular weight is 530 g/mol. The molecule has 38 heavy (non-hydrogen) atoms. The van der Waals surface area contributed by atoms with Crippen LogP contribution in [0.25, 0.3) is 16.6 Å². The molecule has 1 aromatic carbocycles. The van der Waals surface area contributed by atoms with Gasteiger partial charge in [-0.3, -0.25) is 14.9 Å².